The van der Waals surface area contributed by atoms with Gasteiger partial charge in [0.15, 0.2) is 0 Å². The quantitative estimate of drug-likeness (QED) is 0.656. The van der Waals surface area contributed by atoms with Gasteiger partial charge in [-0.15, -0.1) is 0 Å². The number of benzene rings is 1. The van der Waals surface area contributed by atoms with Gasteiger partial charge in [0.05, 0.1) is 8.07 Å². The first-order valence-electron chi connectivity index (χ1n) is 8.52. The Labute approximate surface area is 141 Å². The second kappa shape index (κ2) is 7.90. The molecule has 0 bridgehead atoms. The third-order valence-corrected chi connectivity index (χ3v) is 11.1. The Morgan fingerprint density at radius 2 is 1.64 bits per heavy atom. The molecule has 1 atom stereocenters. The molecule has 22 heavy (non-hydrogen) atoms. The highest BCUT2D eigenvalue weighted by molar-refractivity contribution is 6.82. The van der Waals surface area contributed by atoms with Crippen molar-refractivity contribution < 1.29 is 0 Å². The fraction of sp³-hybridized carbons (Fsp3) is 0.556. The molecule has 124 valence electrons. The molecular formula is C18H35NSi3. The van der Waals surface area contributed by atoms with E-state index in [2.05, 4.69) is 81.7 Å². The standard InChI is InChI=1S/C18H35NSi3/c1-9-16-10-12-17(13-11-16)15-22(7,8)18(14-20(2)3)19-21(4,5)6/h9-13,18-20H,1,14-15H2,2-8H3. The van der Waals surface area contributed by atoms with E-state index >= 15 is 0 Å². The van der Waals surface area contributed by atoms with Crippen LogP contribution in [0.15, 0.2) is 30.8 Å². The van der Waals surface area contributed by atoms with Crippen molar-refractivity contribution in [3.05, 3.63) is 42.0 Å². The van der Waals surface area contributed by atoms with Crippen LogP contribution in [0, 0.1) is 0 Å². The molecule has 0 radical (unpaired) electrons. The summed E-state index contributed by atoms with van der Waals surface area (Å²) in [6.07, 6.45) is 1.92. The Bertz CT molecular complexity index is 472. The van der Waals surface area contributed by atoms with Crippen LogP contribution in [0.5, 0.6) is 0 Å². The van der Waals surface area contributed by atoms with Gasteiger partial charge in [-0.3, -0.25) is 0 Å². The number of hydrogen-bond donors (Lipinski definition) is 1. The Hall–Kier alpha value is -0.429. The summed E-state index contributed by atoms with van der Waals surface area (Å²) >= 11 is 0. The zero-order chi connectivity index (χ0) is 17.0. The van der Waals surface area contributed by atoms with Gasteiger partial charge < -0.3 is 4.98 Å². The maximum atomic E-state index is 4.09. The van der Waals surface area contributed by atoms with Crippen molar-refractivity contribution >= 4 is 31.2 Å². The van der Waals surface area contributed by atoms with Crippen LogP contribution in [0.25, 0.3) is 6.08 Å². The molecule has 1 nitrogen and oxygen atoms in total. The highest BCUT2D eigenvalue weighted by atomic mass is 28.3. The van der Waals surface area contributed by atoms with Crippen LogP contribution < -0.4 is 4.98 Å². The summed E-state index contributed by atoms with van der Waals surface area (Å²) in [5.41, 5.74) is 3.48. The molecule has 0 saturated heterocycles. The van der Waals surface area contributed by atoms with Crippen molar-refractivity contribution in [2.24, 2.45) is 0 Å². The van der Waals surface area contributed by atoms with Crippen LogP contribution in [0.2, 0.25) is 51.9 Å². The number of rotatable bonds is 8. The molecule has 1 aromatic rings. The van der Waals surface area contributed by atoms with Crippen LogP contribution in [0.1, 0.15) is 11.1 Å². The van der Waals surface area contributed by atoms with Crippen molar-refractivity contribution in [1.82, 2.24) is 4.98 Å². The molecule has 1 N–H and O–H groups in total. The van der Waals surface area contributed by atoms with Gasteiger partial charge in [0, 0.05) is 8.80 Å². The van der Waals surface area contributed by atoms with Gasteiger partial charge in [0.25, 0.3) is 0 Å². The molecule has 0 aliphatic rings. The van der Waals surface area contributed by atoms with E-state index in [0.29, 0.717) is 0 Å². The van der Waals surface area contributed by atoms with Crippen LogP contribution in [0.3, 0.4) is 0 Å². The average Bonchev–Trinajstić information content (AvgIpc) is 2.36. The summed E-state index contributed by atoms with van der Waals surface area (Å²) in [6, 6.07) is 11.7. The first-order chi connectivity index (χ1) is 10.0. The van der Waals surface area contributed by atoms with E-state index in [9.17, 15) is 0 Å². The molecule has 0 spiro atoms. The molecule has 0 aliphatic heterocycles. The Balaban J connectivity index is 2.90. The van der Waals surface area contributed by atoms with Crippen LogP contribution >= 0.6 is 0 Å². The van der Waals surface area contributed by atoms with Gasteiger partial charge in [-0.1, -0.05) is 88.3 Å². The highest BCUT2D eigenvalue weighted by Crippen LogP contribution is 2.22. The van der Waals surface area contributed by atoms with E-state index in [1.165, 1.54) is 23.2 Å². The molecule has 0 saturated carbocycles. The molecule has 0 heterocycles. The number of hydrogen-bond acceptors (Lipinski definition) is 1. The van der Waals surface area contributed by atoms with Gasteiger partial charge in [-0.25, -0.2) is 0 Å². The average molecular weight is 350 g/mol. The third kappa shape index (κ3) is 6.77. The van der Waals surface area contributed by atoms with Gasteiger partial charge >= 0.3 is 0 Å². The largest absolute Gasteiger partial charge is 0.337 e. The van der Waals surface area contributed by atoms with E-state index in [-0.39, 0.29) is 0 Å². The highest BCUT2D eigenvalue weighted by Gasteiger charge is 2.35. The van der Waals surface area contributed by atoms with Crippen LogP contribution in [-0.4, -0.2) is 30.8 Å². The van der Waals surface area contributed by atoms with E-state index in [4.69, 9.17) is 0 Å². The lowest BCUT2D eigenvalue weighted by Gasteiger charge is -2.39. The predicted octanol–water partition coefficient (Wildman–Crippen LogP) is 4.94. The second-order valence-corrected chi connectivity index (χ2v) is 21.8. The zero-order valence-corrected chi connectivity index (χ0v) is 18.8. The fourth-order valence-electron chi connectivity index (χ4n) is 2.99. The monoisotopic (exact) mass is 349 g/mol. The Morgan fingerprint density at radius 3 is 2.05 bits per heavy atom. The lowest BCUT2D eigenvalue weighted by atomic mass is 10.1. The molecule has 0 aromatic heterocycles. The maximum Gasteiger partial charge on any atom is 0.116 e. The molecule has 1 unspecified atom stereocenters. The van der Waals surface area contributed by atoms with E-state index in [0.717, 1.165) is 5.67 Å². The number of nitrogens with one attached hydrogen (secondary N) is 1. The topological polar surface area (TPSA) is 12.0 Å². The van der Waals surface area contributed by atoms with E-state index in [1.54, 1.807) is 0 Å². The minimum absolute atomic E-state index is 0.558. The molecule has 0 fully saturated rings. The summed E-state index contributed by atoms with van der Waals surface area (Å²) < 4.78 is 0. The van der Waals surface area contributed by atoms with Crippen molar-refractivity contribution in [3.8, 4) is 0 Å². The summed E-state index contributed by atoms with van der Waals surface area (Å²) in [7, 11) is -3.13. The Morgan fingerprint density at radius 1 is 1.09 bits per heavy atom. The van der Waals surface area contributed by atoms with Gasteiger partial charge in [0.1, 0.15) is 8.24 Å². The maximum absolute atomic E-state index is 4.09. The second-order valence-electron chi connectivity index (χ2n) is 8.69. The summed E-state index contributed by atoms with van der Waals surface area (Å²) in [5, 5.41) is 0. The first kappa shape index (κ1) is 19.6. The normalized spacial score (nSPS) is 14.2. The third-order valence-electron chi connectivity index (χ3n) is 4.13. The molecule has 0 aliphatic carbocycles. The summed E-state index contributed by atoms with van der Waals surface area (Å²) in [6.45, 7) is 21.3. The summed E-state index contributed by atoms with van der Waals surface area (Å²) in [4.78, 5) is 4.09. The van der Waals surface area contributed by atoms with Crippen molar-refractivity contribution in [3.63, 3.8) is 0 Å². The van der Waals surface area contributed by atoms with Crippen molar-refractivity contribution in [1.29, 1.82) is 0 Å². The molecule has 4 heteroatoms. The molecule has 0 amide bonds. The van der Waals surface area contributed by atoms with Crippen molar-refractivity contribution in [2.75, 3.05) is 0 Å². The van der Waals surface area contributed by atoms with E-state index < -0.39 is 25.1 Å². The summed E-state index contributed by atoms with van der Waals surface area (Å²) in [5.74, 6) is 0. The molecule has 1 rings (SSSR count). The van der Waals surface area contributed by atoms with Gasteiger partial charge in [-0.05, 0) is 23.3 Å². The van der Waals surface area contributed by atoms with Crippen LogP contribution in [-0.2, 0) is 6.04 Å². The fourth-order valence-corrected chi connectivity index (χ4v) is 13.8. The van der Waals surface area contributed by atoms with Crippen LogP contribution in [0.4, 0.5) is 0 Å². The molecule has 1 aromatic carbocycles. The lowest BCUT2D eigenvalue weighted by Crippen LogP contribution is -2.60. The first-order valence-corrected chi connectivity index (χ1v) is 18.4. The van der Waals surface area contributed by atoms with Crippen molar-refractivity contribution in [2.45, 2.75) is 63.6 Å². The smallest absolute Gasteiger partial charge is 0.116 e. The zero-order valence-electron chi connectivity index (χ0n) is 15.7. The SMILES string of the molecule is C=Cc1ccc(C[Si](C)(C)C(C[SiH](C)C)N[Si](C)(C)C)cc1. The van der Waals surface area contributed by atoms with E-state index in [1.807, 2.05) is 6.08 Å². The van der Waals surface area contributed by atoms with Gasteiger partial charge in [-0.2, -0.15) is 0 Å². The Kier molecular flexibility index (Phi) is 7.05. The minimum atomic E-state index is -1.34. The van der Waals surface area contributed by atoms with Gasteiger partial charge in [0.2, 0.25) is 0 Å². The minimum Gasteiger partial charge on any atom is -0.337 e. The molecular weight excluding hydrogens is 314 g/mol. The lowest BCUT2D eigenvalue weighted by molar-refractivity contribution is 0.825. The predicted molar refractivity (Wildman–Crippen MR) is 112 cm³/mol.